The van der Waals surface area contributed by atoms with Crippen LogP contribution in [-0.4, -0.2) is 35.1 Å². The normalized spacial score (nSPS) is 12.2. The fourth-order valence-corrected chi connectivity index (χ4v) is 2.93. The number of carbonyl (C=O) groups excluding carboxylic acids is 4. The molecule has 2 aromatic carbocycles. The molecule has 1 aliphatic rings. The molecule has 0 unspecified atom stereocenters. The molecule has 0 spiro atoms. The Morgan fingerprint density at radius 1 is 0.731 bits per heavy atom. The SMILES string of the molecule is O=C(CCl)Nc1ccc(NC(=O)CCl)c2c1C(=O)c1ccccc1C2=O. The first kappa shape index (κ1) is 18.1. The zero-order valence-corrected chi connectivity index (χ0v) is 14.8. The van der Waals surface area contributed by atoms with E-state index in [1.54, 1.807) is 12.1 Å². The number of benzene rings is 2. The summed E-state index contributed by atoms with van der Waals surface area (Å²) in [4.78, 5) is 49.3. The number of hydrogen-bond donors (Lipinski definition) is 2. The molecule has 6 nitrogen and oxygen atoms in total. The Balaban J connectivity index is 2.23. The summed E-state index contributed by atoms with van der Waals surface area (Å²) in [7, 11) is 0. The average molecular weight is 391 g/mol. The van der Waals surface area contributed by atoms with Gasteiger partial charge in [0.25, 0.3) is 0 Å². The molecular weight excluding hydrogens is 379 g/mol. The summed E-state index contributed by atoms with van der Waals surface area (Å²) in [5.74, 6) is -2.52. The van der Waals surface area contributed by atoms with Gasteiger partial charge in [-0.3, -0.25) is 19.2 Å². The standard InChI is InChI=1S/C18H12Cl2N2O4/c19-7-13(23)21-11-5-6-12(22-14(24)8-20)16-15(11)17(25)9-3-1-2-4-10(9)18(16)26/h1-6H,7-8H2,(H,21,23)(H,22,24). The molecule has 0 aliphatic heterocycles. The maximum Gasteiger partial charge on any atom is 0.239 e. The summed E-state index contributed by atoms with van der Waals surface area (Å²) in [5.41, 5.74) is 0.795. The Morgan fingerprint density at radius 3 is 1.46 bits per heavy atom. The van der Waals surface area contributed by atoms with Crippen LogP contribution in [-0.2, 0) is 9.59 Å². The van der Waals surface area contributed by atoms with Gasteiger partial charge in [0.15, 0.2) is 11.6 Å². The van der Waals surface area contributed by atoms with Gasteiger partial charge in [-0.15, -0.1) is 23.2 Å². The third-order valence-electron chi connectivity index (χ3n) is 3.87. The summed E-state index contributed by atoms with van der Waals surface area (Å²) >= 11 is 11.0. The number of hydrogen-bond acceptors (Lipinski definition) is 4. The van der Waals surface area contributed by atoms with Crippen LogP contribution in [0.2, 0.25) is 0 Å². The molecule has 0 atom stereocenters. The Kier molecular flexibility index (Phi) is 5.06. The van der Waals surface area contributed by atoms with Crippen LogP contribution in [0.4, 0.5) is 11.4 Å². The number of amides is 2. The molecule has 26 heavy (non-hydrogen) atoms. The van der Waals surface area contributed by atoms with E-state index in [4.69, 9.17) is 23.2 Å². The molecule has 2 aromatic rings. The lowest BCUT2D eigenvalue weighted by Gasteiger charge is -2.23. The van der Waals surface area contributed by atoms with Crippen LogP contribution in [0, 0.1) is 0 Å². The number of halogens is 2. The average Bonchev–Trinajstić information content (AvgIpc) is 2.66. The summed E-state index contributed by atoms with van der Waals surface area (Å²) < 4.78 is 0. The van der Waals surface area contributed by atoms with E-state index in [0.29, 0.717) is 0 Å². The third kappa shape index (κ3) is 3.09. The highest BCUT2D eigenvalue weighted by molar-refractivity contribution is 6.34. The largest absolute Gasteiger partial charge is 0.324 e. The molecule has 3 rings (SSSR count). The number of alkyl halides is 2. The van der Waals surface area contributed by atoms with Gasteiger partial charge >= 0.3 is 0 Å². The van der Waals surface area contributed by atoms with Gasteiger partial charge in [-0.05, 0) is 12.1 Å². The van der Waals surface area contributed by atoms with Crippen LogP contribution in [0.5, 0.6) is 0 Å². The van der Waals surface area contributed by atoms with E-state index >= 15 is 0 Å². The maximum absolute atomic E-state index is 13.0. The number of carbonyl (C=O) groups is 4. The number of ketones is 2. The van der Waals surface area contributed by atoms with E-state index in [-0.39, 0.29) is 45.4 Å². The van der Waals surface area contributed by atoms with E-state index in [9.17, 15) is 19.2 Å². The van der Waals surface area contributed by atoms with Crippen LogP contribution in [0.3, 0.4) is 0 Å². The Labute approximate surface area is 158 Å². The van der Waals surface area contributed by atoms with Gasteiger partial charge in [-0.1, -0.05) is 24.3 Å². The summed E-state index contributed by atoms with van der Waals surface area (Å²) in [5, 5.41) is 5.03. The van der Waals surface area contributed by atoms with Gasteiger partial charge in [0.05, 0.1) is 22.5 Å². The van der Waals surface area contributed by atoms with Crippen LogP contribution >= 0.6 is 23.2 Å². The molecule has 1 aliphatic carbocycles. The Morgan fingerprint density at radius 2 is 1.12 bits per heavy atom. The number of nitrogens with one attached hydrogen (secondary N) is 2. The fourth-order valence-electron chi connectivity index (χ4n) is 2.80. The third-order valence-corrected chi connectivity index (χ3v) is 4.35. The van der Waals surface area contributed by atoms with Gasteiger partial charge in [0.2, 0.25) is 11.8 Å². The molecule has 8 heteroatoms. The number of anilines is 2. The second-order valence-electron chi connectivity index (χ2n) is 5.48. The lowest BCUT2D eigenvalue weighted by atomic mass is 9.82. The van der Waals surface area contributed by atoms with Crippen LogP contribution in [0.25, 0.3) is 0 Å². The predicted octanol–water partition coefficient (Wildman–Crippen LogP) is 2.82. The highest BCUT2D eigenvalue weighted by atomic mass is 35.5. The number of fused-ring (bicyclic) bond motifs is 2. The molecule has 0 fully saturated rings. The van der Waals surface area contributed by atoms with Crippen LogP contribution < -0.4 is 10.6 Å². The van der Waals surface area contributed by atoms with Crippen molar-refractivity contribution in [2.75, 3.05) is 22.4 Å². The molecule has 0 heterocycles. The van der Waals surface area contributed by atoms with Crippen molar-refractivity contribution >= 4 is 58.0 Å². The monoisotopic (exact) mass is 390 g/mol. The molecule has 2 amide bonds. The van der Waals surface area contributed by atoms with Gasteiger partial charge < -0.3 is 10.6 Å². The quantitative estimate of drug-likeness (QED) is 0.669. The first-order chi connectivity index (χ1) is 12.5. The minimum absolute atomic E-state index is 0.0135. The molecule has 0 bridgehead atoms. The van der Waals surface area contributed by atoms with Crippen molar-refractivity contribution in [3.63, 3.8) is 0 Å². The van der Waals surface area contributed by atoms with E-state index in [0.717, 1.165) is 0 Å². The molecule has 0 radical (unpaired) electrons. The lowest BCUT2D eigenvalue weighted by Crippen LogP contribution is -2.26. The minimum Gasteiger partial charge on any atom is -0.324 e. The molecule has 0 aromatic heterocycles. The van der Waals surface area contributed by atoms with Crippen molar-refractivity contribution in [1.29, 1.82) is 0 Å². The van der Waals surface area contributed by atoms with Crippen molar-refractivity contribution in [2.45, 2.75) is 0 Å². The summed E-state index contributed by atoms with van der Waals surface area (Å²) in [6, 6.07) is 9.24. The van der Waals surface area contributed by atoms with Gasteiger partial charge in [0.1, 0.15) is 11.8 Å². The van der Waals surface area contributed by atoms with Crippen molar-refractivity contribution in [2.24, 2.45) is 0 Å². The smallest absolute Gasteiger partial charge is 0.239 e. The van der Waals surface area contributed by atoms with E-state index in [2.05, 4.69) is 10.6 Å². The molecule has 132 valence electrons. The Bertz CT molecular complexity index is 880. The minimum atomic E-state index is -0.523. The molecule has 0 saturated heterocycles. The molecular formula is C18H12Cl2N2O4. The highest BCUT2D eigenvalue weighted by Gasteiger charge is 2.34. The van der Waals surface area contributed by atoms with Crippen LogP contribution in [0.15, 0.2) is 36.4 Å². The van der Waals surface area contributed by atoms with Crippen molar-refractivity contribution in [3.05, 3.63) is 58.7 Å². The van der Waals surface area contributed by atoms with Crippen molar-refractivity contribution in [3.8, 4) is 0 Å². The topological polar surface area (TPSA) is 92.3 Å². The predicted molar refractivity (Wildman–Crippen MR) is 98.4 cm³/mol. The van der Waals surface area contributed by atoms with Gasteiger partial charge in [0, 0.05) is 11.1 Å². The van der Waals surface area contributed by atoms with Crippen molar-refractivity contribution in [1.82, 2.24) is 0 Å². The second kappa shape index (κ2) is 7.27. The zero-order chi connectivity index (χ0) is 18.8. The first-order valence-electron chi connectivity index (χ1n) is 7.55. The Hall–Kier alpha value is -2.70. The molecule has 0 saturated carbocycles. The van der Waals surface area contributed by atoms with Gasteiger partial charge in [-0.2, -0.15) is 0 Å². The molecule has 2 N–H and O–H groups in total. The lowest BCUT2D eigenvalue weighted by molar-refractivity contribution is -0.114. The van der Waals surface area contributed by atoms with E-state index in [1.807, 2.05) is 0 Å². The van der Waals surface area contributed by atoms with Gasteiger partial charge in [-0.25, -0.2) is 0 Å². The van der Waals surface area contributed by atoms with E-state index < -0.39 is 23.4 Å². The summed E-state index contributed by atoms with van der Waals surface area (Å²) in [6.07, 6.45) is 0. The maximum atomic E-state index is 13.0. The first-order valence-corrected chi connectivity index (χ1v) is 8.62. The second-order valence-corrected chi connectivity index (χ2v) is 6.01. The van der Waals surface area contributed by atoms with Crippen LogP contribution in [0.1, 0.15) is 31.8 Å². The number of rotatable bonds is 4. The highest BCUT2D eigenvalue weighted by Crippen LogP contribution is 2.36. The van der Waals surface area contributed by atoms with E-state index in [1.165, 1.54) is 24.3 Å². The summed E-state index contributed by atoms with van der Waals surface area (Å²) in [6.45, 7) is 0. The zero-order valence-electron chi connectivity index (χ0n) is 13.3. The fraction of sp³-hybridized carbons (Fsp3) is 0.111. The van der Waals surface area contributed by atoms with Crippen molar-refractivity contribution < 1.29 is 19.2 Å².